The molecular weight excluding hydrogens is 388 g/mol. The minimum Gasteiger partial charge on any atom is -0.469 e. The van der Waals surface area contributed by atoms with E-state index < -0.39 is 0 Å². The van der Waals surface area contributed by atoms with E-state index in [9.17, 15) is 0 Å². The lowest BCUT2D eigenvalue weighted by Gasteiger charge is -2.39. The summed E-state index contributed by atoms with van der Waals surface area (Å²) >= 11 is 3.59. The minimum absolute atomic E-state index is 0.108. The van der Waals surface area contributed by atoms with Gasteiger partial charge in [-0.2, -0.15) is 5.01 Å². The van der Waals surface area contributed by atoms with Gasteiger partial charge < -0.3 is 10.2 Å². The van der Waals surface area contributed by atoms with Crippen molar-refractivity contribution in [3.63, 3.8) is 0 Å². The Balaban J connectivity index is 1.61. The van der Waals surface area contributed by atoms with Crippen LogP contribution < -0.4 is 10.2 Å². The van der Waals surface area contributed by atoms with Crippen molar-refractivity contribution in [2.45, 2.75) is 12.3 Å². The van der Waals surface area contributed by atoms with E-state index in [1.165, 1.54) is 5.56 Å². The van der Waals surface area contributed by atoms with Gasteiger partial charge in [0.05, 0.1) is 11.7 Å². The van der Waals surface area contributed by atoms with Gasteiger partial charge in [-0.1, -0.05) is 76.6 Å². The number of halogens is 1. The molecule has 128 valence electrons. The first kappa shape index (κ1) is 15.7. The maximum absolute atomic E-state index is 6.38. The first-order chi connectivity index (χ1) is 12.8. The van der Waals surface area contributed by atoms with Gasteiger partial charge in [-0.15, -0.1) is 0 Å². The lowest BCUT2D eigenvalue weighted by atomic mass is 10.0. The van der Waals surface area contributed by atoms with E-state index in [2.05, 4.69) is 74.9 Å². The molecule has 26 heavy (non-hydrogen) atoms. The van der Waals surface area contributed by atoms with E-state index in [1.54, 1.807) is 0 Å². The summed E-state index contributed by atoms with van der Waals surface area (Å²) in [5.74, 6) is 0.927. The van der Waals surface area contributed by atoms with E-state index >= 15 is 0 Å². The predicted octanol–water partition coefficient (Wildman–Crippen LogP) is 5.44. The molecule has 0 radical (unpaired) electrons. The smallest absolute Gasteiger partial charge is 0.195 e. The Morgan fingerprint density at radius 1 is 0.885 bits per heavy atom. The molecule has 2 aliphatic rings. The average Bonchev–Trinajstić information content (AvgIpc) is 3.15. The summed E-state index contributed by atoms with van der Waals surface area (Å²) in [5.41, 5.74) is 8.13. The second kappa shape index (κ2) is 6.31. The van der Waals surface area contributed by atoms with Gasteiger partial charge in [-0.3, -0.25) is 0 Å². The second-order valence-corrected chi connectivity index (χ2v) is 7.39. The van der Waals surface area contributed by atoms with Crippen LogP contribution in [0.4, 0.5) is 0 Å². The molecule has 0 saturated heterocycles. The zero-order valence-corrected chi connectivity index (χ0v) is 15.6. The van der Waals surface area contributed by atoms with Crippen LogP contribution in [-0.4, -0.2) is 5.01 Å². The van der Waals surface area contributed by atoms with Crippen LogP contribution in [0.3, 0.4) is 0 Å². The highest BCUT2D eigenvalue weighted by atomic mass is 79.9. The van der Waals surface area contributed by atoms with Gasteiger partial charge in [-0.05, 0) is 29.8 Å². The molecule has 3 nitrogen and oxygen atoms in total. The molecule has 4 heteroatoms. The van der Waals surface area contributed by atoms with E-state index in [0.717, 1.165) is 27.0 Å². The molecule has 5 rings (SSSR count). The second-order valence-electron chi connectivity index (χ2n) is 6.47. The Morgan fingerprint density at radius 3 is 2.38 bits per heavy atom. The number of fused-ring (bicyclic) bond motifs is 3. The molecule has 3 aromatic rings. The van der Waals surface area contributed by atoms with Crippen LogP contribution in [-0.2, 0) is 0 Å². The maximum atomic E-state index is 6.38. The van der Waals surface area contributed by atoms with E-state index in [-0.39, 0.29) is 12.3 Å². The molecular formula is C22H17BrN2O. The fourth-order valence-corrected chi connectivity index (χ4v) is 3.97. The van der Waals surface area contributed by atoms with Crippen LogP contribution >= 0.6 is 15.9 Å². The van der Waals surface area contributed by atoms with E-state index in [0.29, 0.717) is 0 Å². The van der Waals surface area contributed by atoms with Gasteiger partial charge in [0.1, 0.15) is 5.75 Å². The zero-order valence-electron chi connectivity index (χ0n) is 14.0. The summed E-state index contributed by atoms with van der Waals surface area (Å²) in [6, 6.07) is 27.1. The molecule has 0 spiro atoms. The van der Waals surface area contributed by atoms with Crippen molar-refractivity contribution in [3.05, 3.63) is 106 Å². The van der Waals surface area contributed by atoms with Gasteiger partial charge >= 0.3 is 0 Å². The molecule has 0 fully saturated rings. The molecule has 1 N–H and O–H groups in total. The van der Waals surface area contributed by atoms with Crippen LogP contribution in [0.25, 0.3) is 5.70 Å². The summed E-state index contributed by atoms with van der Waals surface area (Å²) in [5, 5.41) is 2.19. The number of nitrogens with zero attached hydrogens (tertiary/aromatic N) is 1. The third-order valence-electron chi connectivity index (χ3n) is 4.83. The zero-order chi connectivity index (χ0) is 17.5. The number of hydrazine groups is 1. The summed E-state index contributed by atoms with van der Waals surface area (Å²) < 4.78 is 7.44. The molecule has 0 amide bonds. The number of hydrogen-bond donors (Lipinski definition) is 1. The van der Waals surface area contributed by atoms with Crippen LogP contribution in [0.1, 0.15) is 29.0 Å². The van der Waals surface area contributed by atoms with Gasteiger partial charge in [0.2, 0.25) is 0 Å². The largest absolute Gasteiger partial charge is 0.469 e. The third-order valence-corrected chi connectivity index (χ3v) is 5.32. The lowest BCUT2D eigenvalue weighted by Crippen LogP contribution is -2.43. The Bertz CT molecular complexity index is 972. The summed E-state index contributed by atoms with van der Waals surface area (Å²) in [6.07, 6.45) is 2.09. The number of benzene rings is 3. The molecule has 0 saturated carbocycles. The van der Waals surface area contributed by atoms with Gasteiger partial charge in [0, 0.05) is 15.6 Å². The van der Waals surface area contributed by atoms with Crippen molar-refractivity contribution < 1.29 is 4.74 Å². The minimum atomic E-state index is -0.188. The maximum Gasteiger partial charge on any atom is 0.195 e. The number of rotatable bonds is 2. The molecule has 0 aromatic heterocycles. The lowest BCUT2D eigenvalue weighted by molar-refractivity contribution is -0.0326. The molecule has 2 atom stereocenters. The van der Waals surface area contributed by atoms with Crippen LogP contribution in [0.15, 0.2) is 89.4 Å². The van der Waals surface area contributed by atoms with Crippen molar-refractivity contribution in [2.24, 2.45) is 0 Å². The molecule has 0 unspecified atom stereocenters. The number of ether oxygens (including phenoxy) is 1. The number of nitrogens with one attached hydrogen (secondary N) is 1. The molecule has 0 bridgehead atoms. The highest BCUT2D eigenvalue weighted by molar-refractivity contribution is 9.10. The Morgan fingerprint density at radius 2 is 1.62 bits per heavy atom. The monoisotopic (exact) mass is 404 g/mol. The molecule has 3 aromatic carbocycles. The third kappa shape index (κ3) is 2.62. The summed E-state index contributed by atoms with van der Waals surface area (Å²) in [6.45, 7) is 0. The van der Waals surface area contributed by atoms with Crippen LogP contribution in [0, 0.1) is 0 Å². The van der Waals surface area contributed by atoms with Crippen molar-refractivity contribution >= 4 is 21.6 Å². The van der Waals surface area contributed by atoms with Crippen molar-refractivity contribution in [2.75, 3.05) is 0 Å². The Kier molecular flexibility index (Phi) is 3.80. The van der Waals surface area contributed by atoms with Crippen LogP contribution in [0.2, 0.25) is 0 Å². The standard InChI is InChI=1S/C22H17BrN2O/c23-17-11-12-21-18(13-17)20-14-19(15-7-3-1-4-8-15)24-25(20)22(26-21)16-9-5-2-6-10-16/h1-14,20,22,24H/t20-,22+/m1/s1. The molecule has 2 heterocycles. The highest BCUT2D eigenvalue weighted by Crippen LogP contribution is 2.46. The van der Waals surface area contributed by atoms with E-state index in [4.69, 9.17) is 4.74 Å². The highest BCUT2D eigenvalue weighted by Gasteiger charge is 2.40. The van der Waals surface area contributed by atoms with Crippen molar-refractivity contribution in [1.82, 2.24) is 10.4 Å². The molecule has 0 aliphatic carbocycles. The fourth-order valence-electron chi connectivity index (χ4n) is 3.59. The topological polar surface area (TPSA) is 24.5 Å². The quantitative estimate of drug-likeness (QED) is 0.614. The first-order valence-corrected chi connectivity index (χ1v) is 9.42. The first-order valence-electron chi connectivity index (χ1n) is 8.63. The van der Waals surface area contributed by atoms with Gasteiger partial charge in [0.25, 0.3) is 0 Å². The molecule has 2 aliphatic heterocycles. The average molecular weight is 405 g/mol. The number of hydrogen-bond acceptors (Lipinski definition) is 3. The SMILES string of the molecule is Brc1ccc2c(c1)[C@H]1C=C(c3ccccc3)NN1[C@H](c1ccccc1)O2. The van der Waals surface area contributed by atoms with Crippen LogP contribution in [0.5, 0.6) is 5.75 Å². The predicted molar refractivity (Wildman–Crippen MR) is 106 cm³/mol. The fraction of sp³-hybridized carbons (Fsp3) is 0.0909. The Hall–Kier alpha value is -2.56. The van der Waals surface area contributed by atoms with Crippen molar-refractivity contribution in [1.29, 1.82) is 0 Å². The van der Waals surface area contributed by atoms with E-state index in [1.807, 2.05) is 36.4 Å². The van der Waals surface area contributed by atoms with Crippen molar-refractivity contribution in [3.8, 4) is 5.75 Å². The summed E-state index contributed by atoms with van der Waals surface area (Å²) in [4.78, 5) is 0. The van der Waals surface area contributed by atoms with Gasteiger partial charge in [-0.25, -0.2) is 0 Å². The Labute approximate surface area is 161 Å². The van der Waals surface area contributed by atoms with Gasteiger partial charge in [0.15, 0.2) is 6.23 Å². The summed E-state index contributed by atoms with van der Waals surface area (Å²) in [7, 11) is 0. The normalized spacial score (nSPS) is 21.2.